The summed E-state index contributed by atoms with van der Waals surface area (Å²) in [5, 5.41) is 3.16. The van der Waals surface area contributed by atoms with Crippen molar-refractivity contribution in [3.05, 3.63) is 62.7 Å². The van der Waals surface area contributed by atoms with Crippen LogP contribution < -0.4 is 10.1 Å². The normalized spacial score (nSPS) is 11.5. The topological polar surface area (TPSA) is 58.6 Å². The lowest BCUT2D eigenvalue weighted by Gasteiger charge is -2.28. The summed E-state index contributed by atoms with van der Waals surface area (Å²) in [5.74, 6) is 0.0864. The summed E-state index contributed by atoms with van der Waals surface area (Å²) in [6.07, 6.45) is 0. The monoisotopic (exact) mass is 486 g/mol. The molecule has 0 aliphatic rings. The van der Waals surface area contributed by atoms with E-state index in [-0.39, 0.29) is 25.0 Å². The fraction of sp³-hybridized carbons (Fsp3) is 0.263. The molecule has 2 aromatic rings. The van der Waals surface area contributed by atoms with Gasteiger partial charge in [0.2, 0.25) is 5.91 Å². The predicted molar refractivity (Wildman–Crippen MR) is 110 cm³/mol. The van der Waals surface area contributed by atoms with E-state index in [0.29, 0.717) is 10.8 Å². The molecule has 5 nitrogen and oxygen atoms in total. The first-order chi connectivity index (χ1) is 12.4. The summed E-state index contributed by atoms with van der Waals surface area (Å²) in [7, 11) is 1.54. The number of amides is 2. The summed E-state index contributed by atoms with van der Waals surface area (Å²) in [4.78, 5) is 26.3. The van der Waals surface area contributed by atoms with Gasteiger partial charge >= 0.3 is 0 Å². The van der Waals surface area contributed by atoms with Crippen LogP contribution in [0.15, 0.2) is 48.5 Å². The van der Waals surface area contributed by atoms with E-state index in [2.05, 4.69) is 27.9 Å². The second-order valence-corrected chi connectivity index (χ2v) is 7.37. The van der Waals surface area contributed by atoms with Crippen molar-refractivity contribution in [2.24, 2.45) is 0 Å². The third-order valence-corrected chi connectivity index (χ3v) is 4.79. The molecule has 0 aromatic heterocycles. The van der Waals surface area contributed by atoms with Crippen molar-refractivity contribution in [3.8, 4) is 5.75 Å². The Morgan fingerprint density at radius 2 is 1.92 bits per heavy atom. The molecule has 2 amide bonds. The molecule has 7 heteroatoms. The van der Waals surface area contributed by atoms with Gasteiger partial charge in [0.05, 0.1) is 0 Å². The molecular formula is C19H20ClIN2O3. The first-order valence-corrected chi connectivity index (χ1v) is 9.50. The molecule has 0 bridgehead atoms. The summed E-state index contributed by atoms with van der Waals surface area (Å²) in [5.41, 5.74) is 0.843. The maximum atomic E-state index is 12.7. The average Bonchev–Trinajstić information content (AvgIpc) is 2.64. The lowest BCUT2D eigenvalue weighted by molar-refractivity contribution is -0.142. The highest BCUT2D eigenvalue weighted by Crippen LogP contribution is 2.16. The Bertz CT molecular complexity index is 768. The summed E-state index contributed by atoms with van der Waals surface area (Å²) in [6.45, 7) is 1.80. The highest BCUT2D eigenvalue weighted by atomic mass is 127. The largest absolute Gasteiger partial charge is 0.484 e. The van der Waals surface area contributed by atoms with Crippen LogP contribution in [-0.2, 0) is 16.1 Å². The Hall–Kier alpha value is -1.80. The second-order valence-electron chi connectivity index (χ2n) is 5.68. The van der Waals surface area contributed by atoms with Gasteiger partial charge in [-0.15, -0.1) is 0 Å². The first kappa shape index (κ1) is 20.5. The molecule has 138 valence electrons. The molecule has 0 saturated heterocycles. The number of halogens is 2. The quantitative estimate of drug-likeness (QED) is 0.610. The predicted octanol–water partition coefficient (Wildman–Crippen LogP) is 3.49. The van der Waals surface area contributed by atoms with Crippen molar-refractivity contribution in [2.75, 3.05) is 13.7 Å². The summed E-state index contributed by atoms with van der Waals surface area (Å²) >= 11 is 8.22. The van der Waals surface area contributed by atoms with Crippen LogP contribution >= 0.6 is 34.2 Å². The molecule has 0 aliphatic heterocycles. The van der Waals surface area contributed by atoms with Crippen LogP contribution in [-0.4, -0.2) is 36.4 Å². The van der Waals surface area contributed by atoms with Gasteiger partial charge in [-0.3, -0.25) is 9.59 Å². The van der Waals surface area contributed by atoms with Crippen molar-refractivity contribution in [1.29, 1.82) is 0 Å². The van der Waals surface area contributed by atoms with E-state index >= 15 is 0 Å². The van der Waals surface area contributed by atoms with Crippen LogP contribution in [0.2, 0.25) is 5.02 Å². The number of hydrogen-bond acceptors (Lipinski definition) is 3. The van der Waals surface area contributed by atoms with Crippen LogP contribution in [0.4, 0.5) is 0 Å². The van der Waals surface area contributed by atoms with E-state index in [9.17, 15) is 9.59 Å². The smallest absolute Gasteiger partial charge is 0.261 e. The maximum absolute atomic E-state index is 12.7. The number of nitrogens with zero attached hydrogens (tertiary/aromatic N) is 1. The molecule has 0 radical (unpaired) electrons. The summed E-state index contributed by atoms with van der Waals surface area (Å²) in [6, 6.07) is 14.0. The van der Waals surface area contributed by atoms with Gasteiger partial charge in [0.25, 0.3) is 5.91 Å². The van der Waals surface area contributed by atoms with Crippen molar-refractivity contribution >= 4 is 46.0 Å². The highest BCUT2D eigenvalue weighted by molar-refractivity contribution is 14.1. The minimum absolute atomic E-state index is 0.150. The zero-order chi connectivity index (χ0) is 19.1. The van der Waals surface area contributed by atoms with E-state index < -0.39 is 6.04 Å². The number of carbonyl (C=O) groups is 2. The van der Waals surface area contributed by atoms with Crippen LogP contribution in [0.3, 0.4) is 0 Å². The lowest BCUT2D eigenvalue weighted by atomic mass is 10.1. The van der Waals surface area contributed by atoms with Gasteiger partial charge in [-0.1, -0.05) is 23.7 Å². The molecule has 1 atom stereocenters. The van der Waals surface area contributed by atoms with E-state index in [0.717, 1.165) is 9.13 Å². The number of rotatable bonds is 7. The molecule has 0 saturated carbocycles. The highest BCUT2D eigenvalue weighted by Gasteiger charge is 2.25. The van der Waals surface area contributed by atoms with Gasteiger partial charge in [-0.05, 0) is 71.5 Å². The van der Waals surface area contributed by atoms with E-state index in [4.69, 9.17) is 16.3 Å². The van der Waals surface area contributed by atoms with E-state index in [1.165, 1.54) is 4.90 Å². The minimum Gasteiger partial charge on any atom is -0.484 e. The number of likely N-dealkylation sites (N-methyl/N-ethyl adjacent to an activating group) is 1. The standard InChI is InChI=1S/C19H20ClIN2O3/c1-13(19(25)22-2)23(11-14-4-3-5-15(20)10-14)18(24)12-26-17-8-6-16(21)7-9-17/h3-10,13H,11-12H2,1-2H3,(H,22,25)/t13-/m0/s1. The summed E-state index contributed by atoms with van der Waals surface area (Å²) < 4.78 is 6.66. The van der Waals surface area contributed by atoms with Crippen LogP contribution in [0, 0.1) is 3.57 Å². The number of ether oxygens (including phenoxy) is 1. The van der Waals surface area contributed by atoms with Crippen molar-refractivity contribution in [1.82, 2.24) is 10.2 Å². The molecule has 26 heavy (non-hydrogen) atoms. The molecule has 0 unspecified atom stereocenters. The number of benzene rings is 2. The maximum Gasteiger partial charge on any atom is 0.261 e. The first-order valence-electron chi connectivity index (χ1n) is 8.04. The van der Waals surface area contributed by atoms with Crippen molar-refractivity contribution < 1.29 is 14.3 Å². The van der Waals surface area contributed by atoms with Gasteiger partial charge in [0.15, 0.2) is 6.61 Å². The number of hydrogen-bond donors (Lipinski definition) is 1. The zero-order valence-corrected chi connectivity index (χ0v) is 17.5. The molecule has 0 aliphatic carbocycles. The molecule has 0 heterocycles. The molecule has 0 spiro atoms. The molecule has 2 rings (SSSR count). The lowest BCUT2D eigenvalue weighted by Crippen LogP contribution is -2.48. The van der Waals surface area contributed by atoms with Gasteiger partial charge < -0.3 is 15.0 Å². The van der Waals surface area contributed by atoms with Crippen LogP contribution in [0.5, 0.6) is 5.75 Å². The van der Waals surface area contributed by atoms with Gasteiger partial charge in [-0.2, -0.15) is 0 Å². The van der Waals surface area contributed by atoms with E-state index in [1.54, 1.807) is 38.2 Å². The number of nitrogens with one attached hydrogen (secondary N) is 1. The van der Waals surface area contributed by atoms with Gasteiger partial charge in [-0.25, -0.2) is 0 Å². The second kappa shape index (κ2) is 9.78. The van der Waals surface area contributed by atoms with Crippen LogP contribution in [0.25, 0.3) is 0 Å². The van der Waals surface area contributed by atoms with Crippen molar-refractivity contribution in [3.63, 3.8) is 0 Å². The average molecular weight is 487 g/mol. The minimum atomic E-state index is -0.633. The Balaban J connectivity index is 2.12. The Morgan fingerprint density at radius 1 is 1.23 bits per heavy atom. The van der Waals surface area contributed by atoms with Crippen molar-refractivity contribution in [2.45, 2.75) is 19.5 Å². The fourth-order valence-corrected chi connectivity index (χ4v) is 2.95. The van der Waals surface area contributed by atoms with Gasteiger partial charge in [0.1, 0.15) is 11.8 Å². The molecule has 0 fully saturated rings. The Morgan fingerprint density at radius 3 is 2.54 bits per heavy atom. The van der Waals surface area contributed by atoms with E-state index in [1.807, 2.05) is 24.3 Å². The fourth-order valence-electron chi connectivity index (χ4n) is 2.38. The molecule has 1 N–H and O–H groups in total. The zero-order valence-electron chi connectivity index (χ0n) is 14.5. The molecular weight excluding hydrogens is 467 g/mol. The SMILES string of the molecule is CNC(=O)[C@H](C)N(Cc1cccc(Cl)c1)C(=O)COc1ccc(I)cc1. The van der Waals surface area contributed by atoms with Crippen LogP contribution in [0.1, 0.15) is 12.5 Å². The molecule has 2 aromatic carbocycles. The Kier molecular flexibility index (Phi) is 7.71. The third-order valence-electron chi connectivity index (χ3n) is 3.83. The number of carbonyl (C=O) groups excluding carboxylic acids is 2. The Labute approximate surface area is 171 Å². The van der Waals surface area contributed by atoms with Gasteiger partial charge in [0, 0.05) is 22.2 Å². The third kappa shape index (κ3) is 5.88.